The lowest BCUT2D eigenvalue weighted by atomic mass is 10.0. The largest absolute Gasteiger partial charge is 0.490 e. The maximum absolute atomic E-state index is 12.6. The van der Waals surface area contributed by atoms with Crippen molar-refractivity contribution in [2.75, 3.05) is 33.4 Å². The van der Waals surface area contributed by atoms with Gasteiger partial charge in [0.25, 0.3) is 5.91 Å². The number of hydrogen-bond acceptors (Lipinski definition) is 4. The van der Waals surface area contributed by atoms with Crippen LogP contribution in [-0.4, -0.2) is 50.2 Å². The fourth-order valence-electron chi connectivity index (χ4n) is 2.84. The van der Waals surface area contributed by atoms with Crippen LogP contribution in [0, 0.1) is 0 Å². The Labute approximate surface area is 155 Å². The zero-order chi connectivity index (χ0) is 18.2. The molecule has 0 aromatic heterocycles. The number of nitrogens with one attached hydrogen (secondary N) is 1. The van der Waals surface area contributed by atoms with Crippen LogP contribution in [0.4, 0.5) is 0 Å². The third-order valence-corrected chi connectivity index (χ3v) is 4.65. The van der Waals surface area contributed by atoms with Gasteiger partial charge in [-0.3, -0.25) is 4.79 Å². The van der Waals surface area contributed by atoms with Crippen LogP contribution in [0.25, 0.3) is 0 Å². The normalized spacial score (nSPS) is 15.8. The van der Waals surface area contributed by atoms with E-state index in [1.807, 2.05) is 6.92 Å². The number of carbonyl (C=O) groups is 1. The van der Waals surface area contributed by atoms with Crippen LogP contribution < -0.4 is 14.8 Å². The number of likely N-dealkylation sites (tertiary alicyclic amines) is 1. The molecule has 1 heterocycles. The van der Waals surface area contributed by atoms with Gasteiger partial charge < -0.3 is 19.7 Å². The van der Waals surface area contributed by atoms with Crippen LogP contribution in [0.2, 0.25) is 5.02 Å². The average molecular weight is 369 g/mol. The molecule has 0 unspecified atom stereocenters. The standard InChI is InChI=1S/C19H29ClN2O3/c1-4-6-11-25-18-16(20)12-14(13-17(18)24-5-2)19(23)21-15-7-9-22(3)10-8-15/h12-13,15H,4-11H2,1-3H3,(H,21,23). The van der Waals surface area contributed by atoms with Crippen LogP contribution in [0.1, 0.15) is 49.9 Å². The molecule has 1 fully saturated rings. The van der Waals surface area contributed by atoms with E-state index in [9.17, 15) is 4.79 Å². The number of benzene rings is 1. The van der Waals surface area contributed by atoms with Crippen molar-refractivity contribution in [3.05, 3.63) is 22.7 Å². The molecular formula is C19H29ClN2O3. The summed E-state index contributed by atoms with van der Waals surface area (Å²) in [6.45, 7) is 7.07. The van der Waals surface area contributed by atoms with E-state index in [0.717, 1.165) is 38.8 Å². The van der Waals surface area contributed by atoms with Crippen molar-refractivity contribution in [3.8, 4) is 11.5 Å². The van der Waals surface area contributed by atoms with Gasteiger partial charge in [-0.1, -0.05) is 24.9 Å². The predicted molar refractivity (Wildman–Crippen MR) is 101 cm³/mol. The van der Waals surface area contributed by atoms with Crippen molar-refractivity contribution < 1.29 is 14.3 Å². The minimum absolute atomic E-state index is 0.113. The summed E-state index contributed by atoms with van der Waals surface area (Å²) >= 11 is 6.36. The number of ether oxygens (including phenoxy) is 2. The number of rotatable bonds is 8. The Kier molecular flexibility index (Phi) is 7.85. The topological polar surface area (TPSA) is 50.8 Å². The van der Waals surface area contributed by atoms with Crippen molar-refractivity contribution in [2.24, 2.45) is 0 Å². The molecule has 1 saturated heterocycles. The molecular weight excluding hydrogens is 340 g/mol. The highest BCUT2D eigenvalue weighted by molar-refractivity contribution is 6.32. The molecule has 0 spiro atoms. The highest BCUT2D eigenvalue weighted by Gasteiger charge is 2.21. The number of nitrogens with zero attached hydrogens (tertiary/aromatic N) is 1. The molecule has 140 valence electrons. The van der Waals surface area contributed by atoms with Gasteiger partial charge in [-0.2, -0.15) is 0 Å². The summed E-state index contributed by atoms with van der Waals surface area (Å²) in [5, 5.41) is 3.52. The molecule has 25 heavy (non-hydrogen) atoms. The van der Waals surface area contributed by atoms with E-state index < -0.39 is 0 Å². The quantitative estimate of drug-likeness (QED) is 0.710. The number of unbranched alkanes of at least 4 members (excludes halogenated alkanes) is 1. The summed E-state index contributed by atoms with van der Waals surface area (Å²) in [4.78, 5) is 14.9. The van der Waals surface area contributed by atoms with E-state index in [0.29, 0.717) is 35.3 Å². The van der Waals surface area contributed by atoms with E-state index in [1.54, 1.807) is 12.1 Å². The Morgan fingerprint density at radius 2 is 2.00 bits per heavy atom. The second kappa shape index (κ2) is 9.88. The van der Waals surface area contributed by atoms with Crippen molar-refractivity contribution in [3.63, 3.8) is 0 Å². The Balaban J connectivity index is 2.10. The summed E-state index contributed by atoms with van der Waals surface area (Å²) in [7, 11) is 2.10. The van der Waals surface area contributed by atoms with Crippen LogP contribution in [-0.2, 0) is 0 Å². The van der Waals surface area contributed by atoms with Crippen molar-refractivity contribution in [2.45, 2.75) is 45.6 Å². The number of halogens is 1. The fourth-order valence-corrected chi connectivity index (χ4v) is 3.11. The second-order valence-corrected chi connectivity index (χ2v) is 6.88. The van der Waals surface area contributed by atoms with Gasteiger partial charge in [-0.15, -0.1) is 0 Å². The summed E-state index contributed by atoms with van der Waals surface area (Å²) < 4.78 is 11.4. The van der Waals surface area contributed by atoms with Crippen molar-refractivity contribution in [1.82, 2.24) is 10.2 Å². The molecule has 1 aromatic rings. The SMILES string of the molecule is CCCCOc1c(Cl)cc(C(=O)NC2CCN(C)CC2)cc1OCC. The van der Waals surface area contributed by atoms with Gasteiger partial charge in [-0.05, 0) is 58.5 Å². The molecule has 1 aliphatic rings. The average Bonchev–Trinajstić information content (AvgIpc) is 2.59. The summed E-state index contributed by atoms with van der Waals surface area (Å²) in [6.07, 6.45) is 3.91. The molecule has 6 heteroatoms. The molecule has 1 amide bonds. The molecule has 1 N–H and O–H groups in total. The monoisotopic (exact) mass is 368 g/mol. The minimum atomic E-state index is -0.113. The predicted octanol–water partition coefficient (Wildman–Crippen LogP) is 3.74. The molecule has 0 saturated carbocycles. The summed E-state index contributed by atoms with van der Waals surface area (Å²) in [6, 6.07) is 3.59. The third-order valence-electron chi connectivity index (χ3n) is 4.37. The Morgan fingerprint density at radius 3 is 2.64 bits per heavy atom. The van der Waals surface area contributed by atoms with E-state index >= 15 is 0 Å². The molecule has 0 bridgehead atoms. The van der Waals surface area contributed by atoms with Crippen LogP contribution in [0.15, 0.2) is 12.1 Å². The molecule has 0 radical (unpaired) electrons. The van der Waals surface area contributed by atoms with Gasteiger partial charge in [-0.25, -0.2) is 0 Å². The van der Waals surface area contributed by atoms with Crippen molar-refractivity contribution in [1.29, 1.82) is 0 Å². The first-order valence-corrected chi connectivity index (χ1v) is 9.51. The first kappa shape index (κ1) is 19.9. The van der Waals surface area contributed by atoms with Crippen LogP contribution in [0.5, 0.6) is 11.5 Å². The molecule has 2 rings (SSSR count). The van der Waals surface area contributed by atoms with Gasteiger partial charge >= 0.3 is 0 Å². The highest BCUT2D eigenvalue weighted by atomic mass is 35.5. The maximum atomic E-state index is 12.6. The second-order valence-electron chi connectivity index (χ2n) is 6.47. The Hall–Kier alpha value is -1.46. The zero-order valence-electron chi connectivity index (χ0n) is 15.4. The van der Waals surface area contributed by atoms with E-state index in [2.05, 4.69) is 24.2 Å². The number of piperidine rings is 1. The third kappa shape index (κ3) is 5.79. The smallest absolute Gasteiger partial charge is 0.251 e. The first-order valence-electron chi connectivity index (χ1n) is 9.13. The summed E-state index contributed by atoms with van der Waals surface area (Å²) in [5.74, 6) is 0.935. The van der Waals surface area contributed by atoms with E-state index in [4.69, 9.17) is 21.1 Å². The van der Waals surface area contributed by atoms with E-state index in [-0.39, 0.29) is 11.9 Å². The van der Waals surface area contributed by atoms with Gasteiger partial charge in [0.15, 0.2) is 11.5 Å². The highest BCUT2D eigenvalue weighted by Crippen LogP contribution is 2.37. The Bertz CT molecular complexity index is 572. The maximum Gasteiger partial charge on any atom is 0.251 e. The first-order chi connectivity index (χ1) is 12.0. The lowest BCUT2D eigenvalue weighted by molar-refractivity contribution is 0.0916. The fraction of sp³-hybridized carbons (Fsp3) is 0.632. The van der Waals surface area contributed by atoms with Gasteiger partial charge in [0.05, 0.1) is 18.2 Å². The number of amides is 1. The van der Waals surface area contributed by atoms with Gasteiger partial charge in [0.2, 0.25) is 0 Å². The van der Waals surface area contributed by atoms with Crippen LogP contribution >= 0.6 is 11.6 Å². The van der Waals surface area contributed by atoms with E-state index in [1.165, 1.54) is 0 Å². The lowest BCUT2D eigenvalue weighted by Crippen LogP contribution is -2.43. The molecule has 5 nitrogen and oxygen atoms in total. The molecule has 0 aliphatic carbocycles. The van der Waals surface area contributed by atoms with Gasteiger partial charge in [0, 0.05) is 11.6 Å². The molecule has 1 aliphatic heterocycles. The number of carbonyl (C=O) groups excluding carboxylic acids is 1. The van der Waals surface area contributed by atoms with Crippen LogP contribution in [0.3, 0.4) is 0 Å². The minimum Gasteiger partial charge on any atom is -0.490 e. The molecule has 0 atom stereocenters. The summed E-state index contributed by atoms with van der Waals surface area (Å²) in [5.41, 5.74) is 0.509. The lowest BCUT2D eigenvalue weighted by Gasteiger charge is -2.29. The van der Waals surface area contributed by atoms with Gasteiger partial charge in [0.1, 0.15) is 0 Å². The number of hydrogen-bond donors (Lipinski definition) is 1. The Morgan fingerprint density at radius 1 is 1.28 bits per heavy atom. The molecule has 1 aromatic carbocycles. The van der Waals surface area contributed by atoms with Crippen molar-refractivity contribution >= 4 is 17.5 Å². The zero-order valence-corrected chi connectivity index (χ0v) is 16.2.